The molecule has 0 spiro atoms. The van der Waals surface area contributed by atoms with E-state index in [1.807, 2.05) is 11.3 Å². The molecule has 0 bridgehead atoms. The summed E-state index contributed by atoms with van der Waals surface area (Å²) in [5.74, 6) is 0. The van der Waals surface area contributed by atoms with Crippen molar-refractivity contribution in [2.75, 3.05) is 4.90 Å². The average molecular weight is 871 g/mol. The molecule has 0 fully saturated rings. The standard InChI is InChI=1S/C64H42N2S/c1-3-18-44(19-4-1)49-28-15-20-45-21-16-29-54(63(45)49)50-24-7-11-32-58(50)66(59-33-12-8-25-51(59)55-30-17-31-56-53-27-10-14-35-62(53)67-64(55)56)48-39-36-43(37-40-48)46-38-41-61-57(42-46)52-26-9-13-34-60(52)65(61)47-22-5-2-6-23-47/h1-42H. The van der Waals surface area contributed by atoms with Crippen LogP contribution in [-0.4, -0.2) is 4.57 Å². The van der Waals surface area contributed by atoms with E-state index in [0.29, 0.717) is 0 Å². The number of aromatic nitrogens is 1. The molecule has 0 aliphatic heterocycles. The molecule has 0 unspecified atom stereocenters. The van der Waals surface area contributed by atoms with E-state index >= 15 is 0 Å². The topological polar surface area (TPSA) is 8.17 Å². The number of hydrogen-bond donors (Lipinski definition) is 0. The van der Waals surface area contributed by atoms with Gasteiger partial charge in [0.05, 0.1) is 22.4 Å². The smallest absolute Gasteiger partial charge is 0.0541 e. The Kier molecular flexibility index (Phi) is 9.40. The monoisotopic (exact) mass is 870 g/mol. The number of thiophene rings is 1. The molecular formula is C64H42N2S. The van der Waals surface area contributed by atoms with Crippen LogP contribution in [0.1, 0.15) is 0 Å². The van der Waals surface area contributed by atoms with Crippen molar-refractivity contribution >= 4 is 81.1 Å². The highest BCUT2D eigenvalue weighted by Gasteiger charge is 2.23. The average Bonchev–Trinajstić information content (AvgIpc) is 3.95. The number of anilines is 3. The number of nitrogens with zero attached hydrogens (tertiary/aromatic N) is 2. The summed E-state index contributed by atoms with van der Waals surface area (Å²) < 4.78 is 4.97. The highest BCUT2D eigenvalue weighted by atomic mass is 32.1. The Bertz CT molecular complexity index is 3970. The lowest BCUT2D eigenvalue weighted by Gasteiger charge is -2.30. The molecule has 2 heterocycles. The summed E-state index contributed by atoms with van der Waals surface area (Å²) in [6.07, 6.45) is 0. The van der Waals surface area contributed by atoms with Crippen molar-refractivity contribution in [2.24, 2.45) is 0 Å². The van der Waals surface area contributed by atoms with E-state index in [0.717, 1.165) is 28.3 Å². The minimum absolute atomic E-state index is 1.08. The Morgan fingerprint density at radius 1 is 0.328 bits per heavy atom. The molecule has 0 saturated carbocycles. The van der Waals surface area contributed by atoms with Gasteiger partial charge >= 0.3 is 0 Å². The fraction of sp³-hybridized carbons (Fsp3) is 0. The van der Waals surface area contributed by atoms with Crippen molar-refractivity contribution in [1.29, 1.82) is 0 Å². The lowest BCUT2D eigenvalue weighted by atomic mass is 9.90. The van der Waals surface area contributed by atoms with Crippen LogP contribution in [0.5, 0.6) is 0 Å². The number of hydrogen-bond acceptors (Lipinski definition) is 2. The third-order valence-electron chi connectivity index (χ3n) is 13.4. The first kappa shape index (κ1) is 38.9. The van der Waals surface area contributed by atoms with E-state index in [1.54, 1.807) is 0 Å². The maximum absolute atomic E-state index is 2.49. The van der Waals surface area contributed by atoms with Crippen LogP contribution in [0.2, 0.25) is 0 Å². The van der Waals surface area contributed by atoms with Gasteiger partial charge in [-0.1, -0.05) is 194 Å². The molecule has 0 radical (unpaired) electrons. The number of fused-ring (bicyclic) bond motifs is 7. The molecule has 3 heteroatoms. The van der Waals surface area contributed by atoms with Crippen LogP contribution in [0, 0.1) is 0 Å². The Labute approximate surface area is 393 Å². The molecule has 314 valence electrons. The van der Waals surface area contributed by atoms with E-state index < -0.39 is 0 Å². The van der Waals surface area contributed by atoms with Crippen LogP contribution in [0.15, 0.2) is 255 Å². The normalized spacial score (nSPS) is 11.6. The molecule has 0 aliphatic rings. The Morgan fingerprint density at radius 2 is 0.881 bits per heavy atom. The van der Waals surface area contributed by atoms with Gasteiger partial charge in [0.2, 0.25) is 0 Å². The molecular weight excluding hydrogens is 829 g/mol. The van der Waals surface area contributed by atoms with Gasteiger partial charge in [0.25, 0.3) is 0 Å². The van der Waals surface area contributed by atoms with E-state index in [2.05, 4.69) is 264 Å². The SMILES string of the molecule is c1ccc(-c2cccc3cccc(-c4ccccc4N(c4ccc(-c5ccc6c(c5)c5ccccc5n6-c5ccccc5)cc4)c4ccccc4-c4cccc5c4sc4ccccc45)c23)cc1. The van der Waals surface area contributed by atoms with Crippen molar-refractivity contribution in [1.82, 2.24) is 4.57 Å². The molecule has 0 amide bonds. The van der Waals surface area contributed by atoms with Gasteiger partial charge in [-0.25, -0.2) is 0 Å². The quantitative estimate of drug-likeness (QED) is 0.148. The largest absolute Gasteiger partial charge is 0.309 e. The zero-order valence-electron chi connectivity index (χ0n) is 36.6. The highest BCUT2D eigenvalue weighted by molar-refractivity contribution is 7.26. The molecule has 2 aromatic heterocycles. The molecule has 13 aromatic rings. The van der Waals surface area contributed by atoms with Crippen molar-refractivity contribution in [3.8, 4) is 50.2 Å². The van der Waals surface area contributed by atoms with Crippen molar-refractivity contribution in [3.63, 3.8) is 0 Å². The van der Waals surface area contributed by atoms with Crippen molar-refractivity contribution < 1.29 is 0 Å². The van der Waals surface area contributed by atoms with Gasteiger partial charge in [0.15, 0.2) is 0 Å². The van der Waals surface area contributed by atoms with Gasteiger partial charge in [-0.05, 0) is 99.3 Å². The van der Waals surface area contributed by atoms with Crippen LogP contribution < -0.4 is 4.90 Å². The Balaban J connectivity index is 1.01. The maximum Gasteiger partial charge on any atom is 0.0541 e. The van der Waals surface area contributed by atoms with Crippen LogP contribution in [0.25, 0.3) is 103 Å². The van der Waals surface area contributed by atoms with Crippen LogP contribution >= 0.6 is 11.3 Å². The number of rotatable bonds is 8. The zero-order valence-corrected chi connectivity index (χ0v) is 37.4. The van der Waals surface area contributed by atoms with Crippen molar-refractivity contribution in [3.05, 3.63) is 255 Å². The Morgan fingerprint density at radius 3 is 1.66 bits per heavy atom. The maximum atomic E-state index is 2.49. The van der Waals surface area contributed by atoms with Gasteiger partial charge in [-0.2, -0.15) is 0 Å². The van der Waals surface area contributed by atoms with Crippen LogP contribution in [0.4, 0.5) is 17.1 Å². The summed E-state index contributed by atoms with van der Waals surface area (Å²) in [6.45, 7) is 0. The molecule has 0 atom stereocenters. The van der Waals surface area contributed by atoms with Gasteiger partial charge in [0.1, 0.15) is 0 Å². The third-order valence-corrected chi connectivity index (χ3v) is 14.6. The zero-order chi connectivity index (χ0) is 44.3. The second kappa shape index (κ2) is 16.2. The minimum atomic E-state index is 1.08. The minimum Gasteiger partial charge on any atom is -0.309 e. The fourth-order valence-electron chi connectivity index (χ4n) is 10.4. The lowest BCUT2D eigenvalue weighted by molar-refractivity contribution is 1.18. The van der Waals surface area contributed by atoms with E-state index in [9.17, 15) is 0 Å². The van der Waals surface area contributed by atoms with Crippen LogP contribution in [-0.2, 0) is 0 Å². The van der Waals surface area contributed by atoms with E-state index in [1.165, 1.54) is 91.7 Å². The predicted molar refractivity (Wildman–Crippen MR) is 288 cm³/mol. The summed E-state index contributed by atoms with van der Waals surface area (Å²) in [6, 6.07) is 93.2. The van der Waals surface area contributed by atoms with Crippen LogP contribution in [0.3, 0.4) is 0 Å². The summed E-state index contributed by atoms with van der Waals surface area (Å²) in [7, 11) is 0. The third kappa shape index (κ3) is 6.55. The number of benzene rings is 11. The van der Waals surface area contributed by atoms with Gasteiger partial charge in [0, 0.05) is 59.0 Å². The molecule has 0 N–H and O–H groups in total. The molecule has 0 saturated heterocycles. The lowest BCUT2D eigenvalue weighted by Crippen LogP contribution is -2.12. The van der Waals surface area contributed by atoms with Gasteiger partial charge in [-0.3, -0.25) is 0 Å². The van der Waals surface area contributed by atoms with E-state index in [-0.39, 0.29) is 0 Å². The fourth-order valence-corrected chi connectivity index (χ4v) is 11.6. The summed E-state index contributed by atoms with van der Waals surface area (Å²) in [5, 5.41) is 7.53. The first-order valence-electron chi connectivity index (χ1n) is 22.9. The Hall–Kier alpha value is -8.50. The summed E-state index contributed by atoms with van der Waals surface area (Å²) in [4.78, 5) is 2.49. The van der Waals surface area contributed by atoms with Crippen molar-refractivity contribution in [2.45, 2.75) is 0 Å². The van der Waals surface area contributed by atoms with Gasteiger partial charge in [-0.15, -0.1) is 11.3 Å². The summed E-state index contributed by atoms with van der Waals surface area (Å²) in [5.41, 5.74) is 16.4. The molecule has 0 aliphatic carbocycles. The van der Waals surface area contributed by atoms with E-state index in [4.69, 9.17) is 0 Å². The molecule has 11 aromatic carbocycles. The molecule has 13 rings (SSSR count). The second-order valence-electron chi connectivity index (χ2n) is 17.2. The first-order valence-corrected chi connectivity index (χ1v) is 23.7. The predicted octanol–water partition coefficient (Wildman–Crippen LogP) is 18.4. The summed E-state index contributed by atoms with van der Waals surface area (Å²) >= 11 is 1.88. The second-order valence-corrected chi connectivity index (χ2v) is 18.2. The number of para-hydroxylation sites is 4. The highest BCUT2D eigenvalue weighted by Crippen LogP contribution is 2.49. The molecule has 2 nitrogen and oxygen atoms in total. The first-order chi connectivity index (χ1) is 33.3. The van der Waals surface area contributed by atoms with Gasteiger partial charge < -0.3 is 9.47 Å². The molecule has 67 heavy (non-hydrogen) atoms.